The van der Waals surface area contributed by atoms with Crippen molar-refractivity contribution in [3.8, 4) is 5.75 Å². The monoisotopic (exact) mass is 392 g/mol. The molecular weight excluding hydrogens is 372 g/mol. The molecule has 144 valence electrons. The highest BCUT2D eigenvalue weighted by molar-refractivity contribution is 7.92. The molecule has 0 unspecified atom stereocenters. The summed E-state index contributed by atoms with van der Waals surface area (Å²) in [5.41, 5.74) is 0.770. The third-order valence-corrected chi connectivity index (χ3v) is 4.76. The normalized spacial score (nSPS) is 10.8. The number of anilines is 2. The van der Waals surface area contributed by atoms with Gasteiger partial charge in [0.2, 0.25) is 15.9 Å². The summed E-state index contributed by atoms with van der Waals surface area (Å²) in [6.45, 7) is -0.471. The van der Waals surface area contributed by atoms with Gasteiger partial charge < -0.3 is 14.8 Å². The number of nitrogens with zero attached hydrogens (tertiary/aromatic N) is 1. The van der Waals surface area contributed by atoms with Crippen LogP contribution in [0.25, 0.3) is 0 Å². The second kappa shape index (κ2) is 8.54. The minimum atomic E-state index is -3.78. The van der Waals surface area contributed by atoms with E-state index in [2.05, 4.69) is 10.1 Å². The van der Waals surface area contributed by atoms with Crippen LogP contribution in [0.2, 0.25) is 0 Å². The van der Waals surface area contributed by atoms with Crippen molar-refractivity contribution in [1.29, 1.82) is 0 Å². The number of carbonyl (C=O) groups is 2. The van der Waals surface area contributed by atoms with Crippen molar-refractivity contribution < 1.29 is 27.5 Å². The summed E-state index contributed by atoms with van der Waals surface area (Å²) in [6, 6.07) is 12.6. The van der Waals surface area contributed by atoms with Gasteiger partial charge in [0.05, 0.1) is 37.4 Å². The van der Waals surface area contributed by atoms with Crippen molar-refractivity contribution >= 4 is 33.3 Å². The van der Waals surface area contributed by atoms with Crippen LogP contribution >= 0.6 is 0 Å². The first-order valence-corrected chi connectivity index (χ1v) is 9.70. The molecule has 8 nitrogen and oxygen atoms in total. The van der Waals surface area contributed by atoms with E-state index < -0.39 is 28.4 Å². The molecule has 0 aliphatic carbocycles. The summed E-state index contributed by atoms with van der Waals surface area (Å²) >= 11 is 0. The summed E-state index contributed by atoms with van der Waals surface area (Å²) < 4.78 is 35.1. The number of hydrogen-bond donors (Lipinski definition) is 1. The zero-order chi connectivity index (χ0) is 20.0. The first kappa shape index (κ1) is 20.2. The number of para-hydroxylation sites is 2. The van der Waals surface area contributed by atoms with Crippen molar-refractivity contribution in [2.75, 3.05) is 36.6 Å². The Morgan fingerprint density at radius 1 is 1.07 bits per heavy atom. The number of nitrogens with one attached hydrogen (secondary N) is 1. The number of hydrogen-bond acceptors (Lipinski definition) is 6. The van der Waals surface area contributed by atoms with Crippen molar-refractivity contribution in [2.24, 2.45) is 0 Å². The number of carbonyl (C=O) groups excluding carboxylic acids is 2. The Morgan fingerprint density at radius 2 is 1.78 bits per heavy atom. The highest BCUT2D eigenvalue weighted by atomic mass is 32.2. The highest BCUT2D eigenvalue weighted by Crippen LogP contribution is 2.24. The summed E-state index contributed by atoms with van der Waals surface area (Å²) in [5.74, 6) is -0.721. The van der Waals surface area contributed by atoms with E-state index in [4.69, 9.17) is 4.74 Å². The summed E-state index contributed by atoms with van der Waals surface area (Å²) in [6.07, 6.45) is 0.980. The molecule has 0 bridgehead atoms. The molecule has 0 aliphatic rings. The van der Waals surface area contributed by atoms with Crippen molar-refractivity contribution in [1.82, 2.24) is 0 Å². The third kappa shape index (κ3) is 5.20. The summed E-state index contributed by atoms with van der Waals surface area (Å²) in [4.78, 5) is 24.1. The fourth-order valence-corrected chi connectivity index (χ4v) is 3.22. The predicted molar refractivity (Wildman–Crippen MR) is 102 cm³/mol. The smallest absolute Gasteiger partial charge is 0.337 e. The maximum atomic E-state index is 12.4. The maximum absolute atomic E-state index is 12.4. The van der Waals surface area contributed by atoms with E-state index >= 15 is 0 Å². The molecule has 2 rings (SSSR count). The lowest BCUT2D eigenvalue weighted by molar-refractivity contribution is -0.114. The van der Waals surface area contributed by atoms with Gasteiger partial charge in [0, 0.05) is 0 Å². The standard InChI is InChI=1S/C18H20N2O6S/c1-25-16-10-5-4-9-15(16)19-17(21)12-20(27(3,23)24)14-8-6-7-13(11-14)18(22)26-2/h4-11H,12H2,1-3H3,(H,19,21). The van der Waals surface area contributed by atoms with Crippen molar-refractivity contribution in [3.63, 3.8) is 0 Å². The van der Waals surface area contributed by atoms with Gasteiger partial charge in [-0.15, -0.1) is 0 Å². The second-order valence-corrected chi connectivity index (χ2v) is 7.47. The Labute approximate surface area is 157 Å². The van der Waals surface area contributed by atoms with Crippen LogP contribution in [0, 0.1) is 0 Å². The Balaban J connectivity index is 2.28. The van der Waals surface area contributed by atoms with Crippen LogP contribution in [0.5, 0.6) is 5.75 Å². The fourth-order valence-electron chi connectivity index (χ4n) is 2.37. The van der Waals surface area contributed by atoms with Crippen LogP contribution in [0.15, 0.2) is 48.5 Å². The Bertz CT molecular complexity index is 942. The number of methoxy groups -OCH3 is 2. The van der Waals surface area contributed by atoms with E-state index in [0.29, 0.717) is 11.4 Å². The molecule has 0 atom stereocenters. The second-order valence-electron chi connectivity index (χ2n) is 5.56. The Kier molecular flexibility index (Phi) is 6.40. The first-order valence-electron chi connectivity index (χ1n) is 7.85. The molecule has 0 saturated heterocycles. The van der Waals surface area contributed by atoms with E-state index in [0.717, 1.165) is 10.6 Å². The van der Waals surface area contributed by atoms with Crippen LogP contribution in [-0.2, 0) is 19.6 Å². The van der Waals surface area contributed by atoms with Crippen LogP contribution in [0.3, 0.4) is 0 Å². The molecule has 0 aromatic heterocycles. The van der Waals surface area contributed by atoms with Gasteiger partial charge in [-0.05, 0) is 30.3 Å². The number of sulfonamides is 1. The van der Waals surface area contributed by atoms with E-state index in [1.807, 2.05) is 0 Å². The Hall–Kier alpha value is -3.07. The zero-order valence-corrected chi connectivity index (χ0v) is 15.9. The first-order chi connectivity index (χ1) is 12.8. The lowest BCUT2D eigenvalue weighted by Gasteiger charge is -2.22. The number of ether oxygens (including phenoxy) is 2. The van der Waals surface area contributed by atoms with E-state index in [9.17, 15) is 18.0 Å². The van der Waals surface area contributed by atoms with E-state index in [1.165, 1.54) is 38.5 Å². The fraction of sp³-hybridized carbons (Fsp3) is 0.222. The van der Waals surface area contributed by atoms with Crippen LogP contribution in [0.1, 0.15) is 10.4 Å². The summed E-state index contributed by atoms with van der Waals surface area (Å²) in [7, 11) is -1.09. The lowest BCUT2D eigenvalue weighted by Crippen LogP contribution is -2.37. The van der Waals surface area contributed by atoms with E-state index in [-0.39, 0.29) is 11.3 Å². The predicted octanol–water partition coefficient (Wildman–Crippen LogP) is 1.89. The minimum Gasteiger partial charge on any atom is -0.495 e. The number of rotatable bonds is 7. The largest absolute Gasteiger partial charge is 0.495 e. The van der Waals surface area contributed by atoms with Crippen molar-refractivity contribution in [2.45, 2.75) is 0 Å². The molecule has 0 heterocycles. The van der Waals surface area contributed by atoms with E-state index in [1.54, 1.807) is 24.3 Å². The number of benzene rings is 2. The minimum absolute atomic E-state index is 0.175. The third-order valence-electron chi connectivity index (χ3n) is 3.62. The van der Waals surface area contributed by atoms with Gasteiger partial charge in [-0.25, -0.2) is 13.2 Å². The number of amides is 1. The molecular formula is C18H20N2O6S. The van der Waals surface area contributed by atoms with Gasteiger partial charge >= 0.3 is 5.97 Å². The molecule has 0 saturated carbocycles. The average molecular weight is 392 g/mol. The molecule has 1 N–H and O–H groups in total. The van der Waals surface area contributed by atoms with Gasteiger partial charge in [0.15, 0.2) is 0 Å². The molecule has 0 aliphatic heterocycles. The quantitative estimate of drug-likeness (QED) is 0.722. The van der Waals surface area contributed by atoms with Gasteiger partial charge in [0.1, 0.15) is 12.3 Å². The van der Waals surface area contributed by atoms with Crippen LogP contribution < -0.4 is 14.4 Å². The molecule has 0 spiro atoms. The highest BCUT2D eigenvalue weighted by Gasteiger charge is 2.22. The molecule has 0 radical (unpaired) electrons. The van der Waals surface area contributed by atoms with Gasteiger partial charge in [-0.3, -0.25) is 9.10 Å². The molecule has 27 heavy (non-hydrogen) atoms. The molecule has 2 aromatic rings. The lowest BCUT2D eigenvalue weighted by atomic mass is 10.2. The van der Waals surface area contributed by atoms with Gasteiger partial charge in [0.25, 0.3) is 0 Å². The topological polar surface area (TPSA) is 102 Å². The zero-order valence-electron chi connectivity index (χ0n) is 15.1. The van der Waals surface area contributed by atoms with Gasteiger partial charge in [-0.1, -0.05) is 18.2 Å². The maximum Gasteiger partial charge on any atom is 0.337 e. The number of esters is 1. The molecule has 1 amide bonds. The molecule has 9 heteroatoms. The molecule has 2 aromatic carbocycles. The van der Waals surface area contributed by atoms with Gasteiger partial charge in [-0.2, -0.15) is 0 Å². The van der Waals surface area contributed by atoms with Crippen LogP contribution in [0.4, 0.5) is 11.4 Å². The average Bonchev–Trinajstić information content (AvgIpc) is 2.65. The SMILES string of the molecule is COC(=O)c1cccc(N(CC(=O)Nc2ccccc2OC)S(C)(=O)=O)c1. The summed E-state index contributed by atoms with van der Waals surface area (Å²) in [5, 5.41) is 2.62. The molecule has 0 fully saturated rings. The van der Waals surface area contributed by atoms with Crippen LogP contribution in [-0.4, -0.2) is 47.3 Å². The van der Waals surface area contributed by atoms with Crippen molar-refractivity contribution in [3.05, 3.63) is 54.1 Å². The Morgan fingerprint density at radius 3 is 2.41 bits per heavy atom.